The lowest BCUT2D eigenvalue weighted by Gasteiger charge is -2.11. The molecule has 2 rings (SSSR count). The quantitative estimate of drug-likeness (QED) is 0.767. The van der Waals surface area contributed by atoms with Gasteiger partial charge in [-0.05, 0) is 6.42 Å². The van der Waals surface area contributed by atoms with Gasteiger partial charge in [-0.2, -0.15) is 9.37 Å². The van der Waals surface area contributed by atoms with E-state index < -0.39 is 17.6 Å². The van der Waals surface area contributed by atoms with Crippen molar-refractivity contribution in [1.29, 1.82) is 0 Å². The zero-order valence-corrected chi connectivity index (χ0v) is 7.77. The zero-order chi connectivity index (χ0) is 10.8. The van der Waals surface area contributed by atoms with Crippen LogP contribution in [0.15, 0.2) is 6.07 Å². The van der Waals surface area contributed by atoms with Gasteiger partial charge in [0, 0.05) is 12.7 Å². The van der Waals surface area contributed by atoms with Crippen molar-refractivity contribution >= 4 is 5.82 Å². The van der Waals surface area contributed by atoms with Crippen molar-refractivity contribution in [2.24, 2.45) is 0 Å². The first-order chi connectivity index (χ1) is 7.16. The van der Waals surface area contributed by atoms with Crippen LogP contribution in [0, 0.1) is 17.6 Å². The summed E-state index contributed by atoms with van der Waals surface area (Å²) in [5, 5.41) is 2.66. The Morgan fingerprint density at radius 2 is 2.13 bits per heavy atom. The lowest BCUT2D eigenvalue weighted by molar-refractivity contribution is 0.195. The molecular weight excluding hydrogens is 209 g/mol. The van der Waals surface area contributed by atoms with Gasteiger partial charge in [-0.15, -0.1) is 0 Å². The van der Waals surface area contributed by atoms with Gasteiger partial charge in [0.15, 0.2) is 17.5 Å². The van der Waals surface area contributed by atoms with Crippen LogP contribution in [0.3, 0.4) is 0 Å². The van der Waals surface area contributed by atoms with Crippen molar-refractivity contribution in [3.8, 4) is 0 Å². The van der Waals surface area contributed by atoms with Crippen molar-refractivity contribution in [2.45, 2.75) is 12.5 Å². The molecule has 1 unspecified atom stereocenters. The Kier molecular flexibility index (Phi) is 2.77. The van der Waals surface area contributed by atoms with Crippen LogP contribution in [0.5, 0.6) is 0 Å². The van der Waals surface area contributed by atoms with Crippen LogP contribution in [0.1, 0.15) is 6.42 Å². The number of hydrogen-bond donors (Lipinski definition) is 1. The fraction of sp³-hybridized carbons (Fsp3) is 0.444. The second-order valence-electron chi connectivity index (χ2n) is 3.30. The Morgan fingerprint density at radius 1 is 1.33 bits per heavy atom. The predicted octanol–water partition coefficient (Wildman–Crippen LogP) is 1.70. The first-order valence-electron chi connectivity index (χ1n) is 4.52. The minimum atomic E-state index is -1.31. The highest BCUT2D eigenvalue weighted by Crippen LogP contribution is 2.17. The number of pyridine rings is 1. The van der Waals surface area contributed by atoms with Crippen LogP contribution in [0.4, 0.5) is 19.0 Å². The van der Waals surface area contributed by atoms with Crippen LogP contribution < -0.4 is 5.32 Å². The average Bonchev–Trinajstić information content (AvgIpc) is 2.67. The van der Waals surface area contributed by atoms with E-state index in [1.165, 1.54) is 0 Å². The van der Waals surface area contributed by atoms with Crippen LogP contribution in [-0.4, -0.2) is 24.2 Å². The molecule has 0 aromatic carbocycles. The second kappa shape index (κ2) is 4.06. The lowest BCUT2D eigenvalue weighted by Crippen LogP contribution is -2.21. The minimum absolute atomic E-state index is 0.100. The van der Waals surface area contributed by atoms with Gasteiger partial charge in [0.05, 0.1) is 12.6 Å². The standard InChI is InChI=1S/C9H9F3N2O/c10-6-3-7(11)9(14-8(6)12)13-5-1-2-15-4-5/h3,5H,1-2,4H2,(H,13,14). The Bertz CT molecular complexity index is 367. The summed E-state index contributed by atoms with van der Waals surface area (Å²) in [6, 6.07) is 0.373. The Labute approximate surface area is 84.3 Å². The van der Waals surface area contributed by atoms with Crippen LogP contribution in [0.2, 0.25) is 0 Å². The van der Waals surface area contributed by atoms with Crippen LogP contribution in [0.25, 0.3) is 0 Å². The molecule has 0 radical (unpaired) electrons. The molecule has 0 amide bonds. The summed E-state index contributed by atoms with van der Waals surface area (Å²) in [6.07, 6.45) is 0.695. The van der Waals surface area contributed by atoms with Gasteiger partial charge in [0.2, 0.25) is 0 Å². The molecule has 1 atom stereocenters. The topological polar surface area (TPSA) is 34.1 Å². The van der Waals surface area contributed by atoms with Gasteiger partial charge in [0.25, 0.3) is 5.95 Å². The maximum absolute atomic E-state index is 13.1. The molecule has 3 nitrogen and oxygen atoms in total. The van der Waals surface area contributed by atoms with Gasteiger partial charge < -0.3 is 10.1 Å². The summed E-state index contributed by atoms with van der Waals surface area (Å²) in [7, 11) is 0. The maximum Gasteiger partial charge on any atom is 0.251 e. The van der Waals surface area contributed by atoms with Crippen molar-refractivity contribution in [1.82, 2.24) is 4.98 Å². The number of ether oxygens (including phenoxy) is 1. The smallest absolute Gasteiger partial charge is 0.251 e. The number of rotatable bonds is 2. The predicted molar refractivity (Wildman–Crippen MR) is 47.0 cm³/mol. The highest BCUT2D eigenvalue weighted by molar-refractivity contribution is 5.37. The summed E-state index contributed by atoms with van der Waals surface area (Å²) < 4.78 is 43.4. The molecule has 0 spiro atoms. The molecule has 1 aromatic heterocycles. The van der Waals surface area contributed by atoms with E-state index in [1.54, 1.807) is 0 Å². The van der Waals surface area contributed by atoms with E-state index in [1.807, 2.05) is 0 Å². The number of nitrogens with zero attached hydrogens (tertiary/aromatic N) is 1. The summed E-state index contributed by atoms with van der Waals surface area (Å²) in [6.45, 7) is 0.989. The van der Waals surface area contributed by atoms with Crippen molar-refractivity contribution < 1.29 is 17.9 Å². The van der Waals surface area contributed by atoms with E-state index in [2.05, 4.69) is 10.3 Å². The summed E-state index contributed by atoms with van der Waals surface area (Å²) >= 11 is 0. The molecular formula is C9H9F3N2O. The third-order valence-corrected chi connectivity index (χ3v) is 2.16. The molecule has 0 aliphatic carbocycles. The summed E-state index contributed by atoms with van der Waals surface area (Å²) in [4.78, 5) is 3.15. The summed E-state index contributed by atoms with van der Waals surface area (Å²) in [5.74, 6) is -3.77. The largest absolute Gasteiger partial charge is 0.379 e. The van der Waals surface area contributed by atoms with Gasteiger partial charge >= 0.3 is 0 Å². The van der Waals surface area contributed by atoms with Crippen LogP contribution in [-0.2, 0) is 4.74 Å². The molecule has 2 heterocycles. The van der Waals surface area contributed by atoms with E-state index in [-0.39, 0.29) is 11.9 Å². The Hall–Kier alpha value is -1.30. The number of nitrogens with one attached hydrogen (secondary N) is 1. The van der Waals surface area contributed by atoms with Crippen molar-refractivity contribution in [3.63, 3.8) is 0 Å². The monoisotopic (exact) mass is 218 g/mol. The first-order valence-corrected chi connectivity index (χ1v) is 4.52. The van der Waals surface area contributed by atoms with E-state index in [9.17, 15) is 13.2 Å². The number of hydrogen-bond acceptors (Lipinski definition) is 3. The SMILES string of the molecule is Fc1cc(F)c(NC2CCOC2)nc1F. The maximum atomic E-state index is 13.1. The van der Waals surface area contributed by atoms with Crippen LogP contribution >= 0.6 is 0 Å². The fourth-order valence-corrected chi connectivity index (χ4v) is 1.39. The molecule has 0 saturated carbocycles. The highest BCUT2D eigenvalue weighted by atomic mass is 19.2. The van der Waals surface area contributed by atoms with Gasteiger partial charge in [0.1, 0.15) is 0 Å². The fourth-order valence-electron chi connectivity index (χ4n) is 1.39. The van der Waals surface area contributed by atoms with Gasteiger partial charge in [-0.25, -0.2) is 8.78 Å². The molecule has 15 heavy (non-hydrogen) atoms. The molecule has 1 aromatic rings. The molecule has 82 valence electrons. The first kappa shape index (κ1) is 10.2. The summed E-state index contributed by atoms with van der Waals surface area (Å²) in [5.41, 5.74) is 0. The van der Waals surface area contributed by atoms with Crippen molar-refractivity contribution in [3.05, 3.63) is 23.6 Å². The van der Waals surface area contributed by atoms with Gasteiger partial charge in [-0.3, -0.25) is 0 Å². The van der Waals surface area contributed by atoms with Gasteiger partial charge in [-0.1, -0.05) is 0 Å². The lowest BCUT2D eigenvalue weighted by atomic mass is 10.2. The van der Waals surface area contributed by atoms with Crippen molar-refractivity contribution in [2.75, 3.05) is 18.5 Å². The second-order valence-corrected chi connectivity index (χ2v) is 3.30. The third kappa shape index (κ3) is 2.20. The molecule has 1 saturated heterocycles. The number of halogens is 3. The van der Waals surface area contributed by atoms with E-state index >= 15 is 0 Å². The molecule has 1 aliphatic heterocycles. The molecule has 1 N–H and O–H groups in total. The molecule has 1 fully saturated rings. The Balaban J connectivity index is 2.16. The Morgan fingerprint density at radius 3 is 2.80 bits per heavy atom. The van der Waals surface area contributed by atoms with E-state index in [4.69, 9.17) is 4.74 Å². The minimum Gasteiger partial charge on any atom is -0.379 e. The zero-order valence-electron chi connectivity index (χ0n) is 7.77. The highest BCUT2D eigenvalue weighted by Gasteiger charge is 2.19. The van der Waals surface area contributed by atoms with E-state index in [0.29, 0.717) is 25.7 Å². The number of aromatic nitrogens is 1. The van der Waals surface area contributed by atoms with E-state index in [0.717, 1.165) is 0 Å². The number of anilines is 1. The normalized spacial score (nSPS) is 20.6. The molecule has 6 heteroatoms. The third-order valence-electron chi connectivity index (χ3n) is 2.16. The molecule has 0 bridgehead atoms. The average molecular weight is 218 g/mol. The molecule has 1 aliphatic rings.